The Morgan fingerprint density at radius 2 is 2.33 bits per heavy atom. The number of carbonyl (C=O) groups is 1. The topological polar surface area (TPSA) is 82.2 Å². The molecule has 0 bridgehead atoms. The smallest absolute Gasteiger partial charge is 0.230 e. The molecule has 0 radical (unpaired) electrons. The number of oxime groups is 1. The summed E-state index contributed by atoms with van der Waals surface area (Å²) in [6, 6.07) is 0.418. The maximum absolute atomic E-state index is 11.6. The van der Waals surface area contributed by atoms with Crippen molar-refractivity contribution in [3.63, 3.8) is 0 Å². The van der Waals surface area contributed by atoms with Crippen LogP contribution in [-0.4, -0.2) is 60.0 Å². The zero-order valence-electron chi connectivity index (χ0n) is 9.18. The quantitative estimate of drug-likeness (QED) is 0.281. The van der Waals surface area contributed by atoms with E-state index in [1.165, 1.54) is 0 Å². The Morgan fingerprint density at radius 1 is 1.67 bits per heavy atom. The molecule has 6 nitrogen and oxygen atoms in total. The highest BCUT2D eigenvalue weighted by molar-refractivity contribution is 5.98. The maximum Gasteiger partial charge on any atom is 0.230 e. The number of amidine groups is 1. The average Bonchev–Trinajstić information content (AvgIpc) is 2.66. The largest absolute Gasteiger partial charge is 0.409 e. The van der Waals surface area contributed by atoms with Gasteiger partial charge in [0.1, 0.15) is 5.84 Å². The van der Waals surface area contributed by atoms with Crippen molar-refractivity contribution < 1.29 is 10.0 Å². The minimum absolute atomic E-state index is 0.00332. The van der Waals surface area contributed by atoms with Crippen LogP contribution in [0.2, 0.25) is 0 Å². The minimum atomic E-state index is -0.0744. The molecule has 6 heteroatoms. The molecule has 0 aliphatic carbocycles. The van der Waals surface area contributed by atoms with Crippen LogP contribution in [0.25, 0.3) is 0 Å². The van der Waals surface area contributed by atoms with Gasteiger partial charge in [0, 0.05) is 19.1 Å². The molecule has 1 aliphatic rings. The zero-order chi connectivity index (χ0) is 11.4. The molecular weight excluding hydrogens is 196 g/mol. The second-order valence-electron chi connectivity index (χ2n) is 4.01. The predicted molar refractivity (Wildman–Crippen MR) is 56.7 cm³/mol. The SMILES string of the molecule is CN(C)C1CCN(C(=O)CC(N)=NO)C1. The molecule has 1 atom stereocenters. The number of rotatable bonds is 3. The summed E-state index contributed by atoms with van der Waals surface area (Å²) in [5.74, 6) is -0.108. The Bertz CT molecular complexity index is 265. The Balaban J connectivity index is 2.43. The van der Waals surface area contributed by atoms with Crippen molar-refractivity contribution in [3.05, 3.63) is 0 Å². The number of likely N-dealkylation sites (N-methyl/N-ethyl adjacent to an activating group) is 1. The van der Waals surface area contributed by atoms with Gasteiger partial charge in [0.05, 0.1) is 6.42 Å². The molecule has 1 aliphatic heterocycles. The molecule has 1 fully saturated rings. The second kappa shape index (κ2) is 4.97. The molecule has 15 heavy (non-hydrogen) atoms. The summed E-state index contributed by atoms with van der Waals surface area (Å²) >= 11 is 0. The van der Waals surface area contributed by atoms with Crippen LogP contribution < -0.4 is 5.73 Å². The molecule has 0 spiro atoms. The van der Waals surface area contributed by atoms with Gasteiger partial charge in [-0.2, -0.15) is 0 Å². The normalized spacial score (nSPS) is 22.5. The van der Waals surface area contributed by atoms with Crippen molar-refractivity contribution in [1.82, 2.24) is 9.80 Å². The number of likely N-dealkylation sites (tertiary alicyclic amines) is 1. The van der Waals surface area contributed by atoms with Gasteiger partial charge < -0.3 is 20.7 Å². The Morgan fingerprint density at radius 3 is 2.80 bits per heavy atom. The molecule has 1 saturated heterocycles. The molecule has 0 saturated carbocycles. The summed E-state index contributed by atoms with van der Waals surface area (Å²) in [6.45, 7) is 1.48. The molecule has 0 aromatic rings. The second-order valence-corrected chi connectivity index (χ2v) is 4.01. The predicted octanol–water partition coefficient (Wildman–Crippen LogP) is -0.715. The average molecular weight is 214 g/mol. The van der Waals surface area contributed by atoms with E-state index in [-0.39, 0.29) is 18.2 Å². The van der Waals surface area contributed by atoms with E-state index >= 15 is 0 Å². The van der Waals surface area contributed by atoms with E-state index in [2.05, 4.69) is 10.1 Å². The van der Waals surface area contributed by atoms with Gasteiger partial charge in [0.15, 0.2) is 0 Å². The van der Waals surface area contributed by atoms with Crippen LogP contribution in [-0.2, 0) is 4.79 Å². The zero-order valence-corrected chi connectivity index (χ0v) is 9.18. The fourth-order valence-electron chi connectivity index (χ4n) is 1.69. The van der Waals surface area contributed by atoms with E-state index in [9.17, 15) is 4.79 Å². The number of hydrogen-bond acceptors (Lipinski definition) is 4. The number of nitrogens with zero attached hydrogens (tertiary/aromatic N) is 3. The lowest BCUT2D eigenvalue weighted by atomic mass is 10.2. The third-order valence-electron chi connectivity index (χ3n) is 2.71. The van der Waals surface area contributed by atoms with Crippen LogP contribution in [0.4, 0.5) is 0 Å². The molecule has 1 heterocycles. The number of amides is 1. The van der Waals surface area contributed by atoms with Crippen molar-refractivity contribution in [2.75, 3.05) is 27.2 Å². The van der Waals surface area contributed by atoms with Crippen molar-refractivity contribution in [2.24, 2.45) is 10.9 Å². The highest BCUT2D eigenvalue weighted by Gasteiger charge is 2.27. The minimum Gasteiger partial charge on any atom is -0.409 e. The van der Waals surface area contributed by atoms with Gasteiger partial charge in [-0.25, -0.2) is 0 Å². The van der Waals surface area contributed by atoms with Crippen LogP contribution in [0.3, 0.4) is 0 Å². The Labute approximate surface area is 89.3 Å². The molecule has 0 aromatic carbocycles. The van der Waals surface area contributed by atoms with E-state index < -0.39 is 0 Å². The number of carbonyl (C=O) groups excluding carboxylic acids is 1. The highest BCUT2D eigenvalue weighted by Crippen LogP contribution is 2.13. The first-order valence-electron chi connectivity index (χ1n) is 4.95. The van der Waals surface area contributed by atoms with Gasteiger partial charge in [-0.3, -0.25) is 4.79 Å². The summed E-state index contributed by atoms with van der Waals surface area (Å²) in [5, 5.41) is 11.1. The lowest BCUT2D eigenvalue weighted by Gasteiger charge is -2.20. The Hall–Kier alpha value is -1.30. The van der Waals surface area contributed by atoms with Crippen molar-refractivity contribution >= 4 is 11.7 Å². The van der Waals surface area contributed by atoms with E-state index in [1.54, 1.807) is 4.90 Å². The summed E-state index contributed by atoms with van der Waals surface area (Å²) in [4.78, 5) is 15.5. The lowest BCUT2D eigenvalue weighted by molar-refractivity contribution is -0.129. The highest BCUT2D eigenvalue weighted by atomic mass is 16.4. The molecule has 86 valence electrons. The first-order chi connectivity index (χ1) is 7.04. The maximum atomic E-state index is 11.6. The summed E-state index contributed by atoms with van der Waals surface area (Å²) in [6.07, 6.45) is 0.978. The first-order valence-corrected chi connectivity index (χ1v) is 4.95. The summed E-state index contributed by atoms with van der Waals surface area (Å²) in [5.41, 5.74) is 5.28. The van der Waals surface area contributed by atoms with E-state index in [4.69, 9.17) is 10.9 Å². The van der Waals surface area contributed by atoms with Crippen molar-refractivity contribution in [3.8, 4) is 0 Å². The monoisotopic (exact) mass is 214 g/mol. The first kappa shape index (κ1) is 11.8. The fourth-order valence-corrected chi connectivity index (χ4v) is 1.69. The summed E-state index contributed by atoms with van der Waals surface area (Å²) in [7, 11) is 4.00. The lowest BCUT2D eigenvalue weighted by Crippen LogP contribution is -2.36. The van der Waals surface area contributed by atoms with Gasteiger partial charge in [-0.05, 0) is 20.5 Å². The van der Waals surface area contributed by atoms with Gasteiger partial charge in [0.2, 0.25) is 5.91 Å². The molecule has 0 aromatic heterocycles. The van der Waals surface area contributed by atoms with Crippen LogP contribution in [0.5, 0.6) is 0 Å². The van der Waals surface area contributed by atoms with Gasteiger partial charge >= 0.3 is 0 Å². The van der Waals surface area contributed by atoms with Crippen molar-refractivity contribution in [2.45, 2.75) is 18.9 Å². The Kier molecular flexibility index (Phi) is 3.90. The standard InChI is InChI=1S/C9H18N4O2/c1-12(2)7-3-4-13(6-7)9(14)5-8(10)11-15/h7,15H,3-6H2,1-2H3,(H2,10,11). The molecule has 1 rings (SSSR count). The van der Waals surface area contributed by atoms with Crippen LogP contribution in [0.15, 0.2) is 5.16 Å². The molecule has 1 unspecified atom stereocenters. The van der Waals surface area contributed by atoms with Crippen LogP contribution in [0, 0.1) is 0 Å². The third-order valence-corrected chi connectivity index (χ3v) is 2.71. The fraction of sp³-hybridized carbons (Fsp3) is 0.778. The molecular formula is C9H18N4O2. The van der Waals surface area contributed by atoms with E-state index in [0.29, 0.717) is 6.04 Å². The molecule has 1 amide bonds. The van der Waals surface area contributed by atoms with Gasteiger partial charge in [-0.15, -0.1) is 0 Å². The van der Waals surface area contributed by atoms with Gasteiger partial charge in [-0.1, -0.05) is 5.16 Å². The number of hydrogen-bond donors (Lipinski definition) is 2. The van der Waals surface area contributed by atoms with Crippen LogP contribution >= 0.6 is 0 Å². The van der Waals surface area contributed by atoms with Crippen molar-refractivity contribution in [1.29, 1.82) is 0 Å². The summed E-state index contributed by atoms with van der Waals surface area (Å²) < 4.78 is 0. The number of nitrogens with two attached hydrogens (primary N) is 1. The van der Waals surface area contributed by atoms with E-state index in [1.807, 2.05) is 14.1 Å². The van der Waals surface area contributed by atoms with E-state index in [0.717, 1.165) is 19.5 Å². The third kappa shape index (κ3) is 3.09. The van der Waals surface area contributed by atoms with Gasteiger partial charge in [0.25, 0.3) is 0 Å². The molecule has 3 N–H and O–H groups in total. The van der Waals surface area contributed by atoms with Crippen LogP contribution in [0.1, 0.15) is 12.8 Å².